The van der Waals surface area contributed by atoms with E-state index in [1.165, 1.54) is 6.07 Å². The Labute approximate surface area is 112 Å². The molecule has 6 heteroatoms. The zero-order chi connectivity index (χ0) is 13.2. The molecule has 2 rings (SSSR count). The predicted molar refractivity (Wildman–Crippen MR) is 68.0 cm³/mol. The summed E-state index contributed by atoms with van der Waals surface area (Å²) in [6.45, 7) is 0.680. The first kappa shape index (κ1) is 13.6. The van der Waals surface area contributed by atoms with E-state index in [-0.39, 0.29) is 0 Å². The van der Waals surface area contributed by atoms with Crippen molar-refractivity contribution in [3.63, 3.8) is 0 Å². The van der Waals surface area contributed by atoms with E-state index in [4.69, 9.17) is 0 Å². The minimum atomic E-state index is -4.38. The summed E-state index contributed by atoms with van der Waals surface area (Å²) in [7, 11) is 0. The fourth-order valence-electron chi connectivity index (χ4n) is 2.01. The Morgan fingerprint density at radius 1 is 1.33 bits per heavy atom. The zero-order valence-electron chi connectivity index (χ0n) is 9.75. The fourth-order valence-corrected chi connectivity index (χ4v) is 2.40. The van der Waals surface area contributed by atoms with Crippen LogP contribution in [0.1, 0.15) is 25.0 Å². The molecule has 0 N–H and O–H groups in total. The average molecular weight is 323 g/mol. The largest absolute Gasteiger partial charge is 0.433 e. The lowest BCUT2D eigenvalue weighted by molar-refractivity contribution is -0.141. The van der Waals surface area contributed by atoms with Gasteiger partial charge in [-0.15, -0.1) is 0 Å². The van der Waals surface area contributed by atoms with Crippen molar-refractivity contribution in [2.75, 3.05) is 16.8 Å². The van der Waals surface area contributed by atoms with Gasteiger partial charge < -0.3 is 4.90 Å². The molecule has 0 radical (unpaired) electrons. The molecule has 0 aromatic carbocycles. The smallest absolute Gasteiger partial charge is 0.353 e. The zero-order valence-corrected chi connectivity index (χ0v) is 11.3. The minimum Gasteiger partial charge on any atom is -0.353 e. The molecule has 1 aliphatic carbocycles. The second-order valence-electron chi connectivity index (χ2n) is 4.35. The maximum atomic E-state index is 12.6. The van der Waals surface area contributed by atoms with Crippen molar-refractivity contribution in [1.82, 2.24) is 4.98 Å². The lowest BCUT2D eigenvalue weighted by Crippen LogP contribution is -2.42. The van der Waals surface area contributed by atoms with Crippen molar-refractivity contribution in [2.24, 2.45) is 0 Å². The number of pyridine rings is 1. The summed E-state index contributed by atoms with van der Waals surface area (Å²) in [6, 6.07) is 4.41. The van der Waals surface area contributed by atoms with Gasteiger partial charge in [0.05, 0.1) is 0 Å². The Hall–Kier alpha value is -0.780. The summed E-state index contributed by atoms with van der Waals surface area (Å²) < 4.78 is 37.9. The van der Waals surface area contributed by atoms with Gasteiger partial charge in [0.2, 0.25) is 0 Å². The van der Waals surface area contributed by atoms with Crippen molar-refractivity contribution < 1.29 is 13.2 Å². The van der Waals surface area contributed by atoms with Gasteiger partial charge in [0.1, 0.15) is 11.5 Å². The van der Waals surface area contributed by atoms with Crippen LogP contribution in [-0.2, 0) is 6.18 Å². The van der Waals surface area contributed by atoms with Gasteiger partial charge >= 0.3 is 6.18 Å². The molecular formula is C12H14BrF3N2. The Kier molecular flexibility index (Phi) is 4.14. The monoisotopic (exact) mass is 322 g/mol. The van der Waals surface area contributed by atoms with Crippen molar-refractivity contribution in [1.29, 1.82) is 0 Å². The normalized spacial score (nSPS) is 16.4. The molecule has 1 aliphatic rings. The number of anilines is 1. The van der Waals surface area contributed by atoms with Crippen LogP contribution in [0.4, 0.5) is 19.0 Å². The maximum Gasteiger partial charge on any atom is 0.433 e. The molecule has 1 heterocycles. The lowest BCUT2D eigenvalue weighted by Gasteiger charge is -2.38. The molecule has 0 bridgehead atoms. The third-order valence-electron chi connectivity index (χ3n) is 3.16. The van der Waals surface area contributed by atoms with Crippen LogP contribution in [0, 0.1) is 0 Å². The average Bonchev–Trinajstić information content (AvgIpc) is 2.25. The maximum absolute atomic E-state index is 12.6. The second kappa shape index (κ2) is 5.47. The molecule has 0 atom stereocenters. The number of hydrogen-bond acceptors (Lipinski definition) is 2. The van der Waals surface area contributed by atoms with Crippen molar-refractivity contribution in [2.45, 2.75) is 31.5 Å². The summed E-state index contributed by atoms with van der Waals surface area (Å²) in [5.41, 5.74) is -0.820. The molecular weight excluding hydrogens is 309 g/mol. The van der Waals surface area contributed by atoms with Gasteiger partial charge in [-0.1, -0.05) is 22.0 Å². The molecule has 0 aliphatic heterocycles. The number of alkyl halides is 4. The first-order chi connectivity index (χ1) is 8.52. The van der Waals surface area contributed by atoms with Crippen LogP contribution in [0.5, 0.6) is 0 Å². The predicted octanol–water partition coefficient (Wildman–Crippen LogP) is 3.85. The van der Waals surface area contributed by atoms with Crippen LogP contribution in [-0.4, -0.2) is 22.9 Å². The highest BCUT2D eigenvalue weighted by Gasteiger charge is 2.33. The highest BCUT2D eigenvalue weighted by molar-refractivity contribution is 9.09. The van der Waals surface area contributed by atoms with Crippen LogP contribution in [0.15, 0.2) is 18.2 Å². The van der Waals surface area contributed by atoms with Gasteiger partial charge in [-0.25, -0.2) is 4.98 Å². The Bertz CT molecular complexity index is 405. The summed E-state index contributed by atoms with van der Waals surface area (Å²) >= 11 is 3.34. The first-order valence-corrected chi connectivity index (χ1v) is 7.01. The molecule has 2 nitrogen and oxygen atoms in total. The van der Waals surface area contributed by atoms with E-state index in [0.29, 0.717) is 18.4 Å². The number of aromatic nitrogens is 1. The molecule has 0 amide bonds. The van der Waals surface area contributed by atoms with E-state index < -0.39 is 11.9 Å². The van der Waals surface area contributed by atoms with Gasteiger partial charge in [0.15, 0.2) is 0 Å². The van der Waals surface area contributed by atoms with Crippen LogP contribution in [0.2, 0.25) is 0 Å². The first-order valence-electron chi connectivity index (χ1n) is 5.89. The highest BCUT2D eigenvalue weighted by Crippen LogP contribution is 2.32. The minimum absolute atomic E-state index is 0.332. The topological polar surface area (TPSA) is 16.1 Å². The third kappa shape index (κ3) is 2.96. The molecule has 100 valence electrons. The third-order valence-corrected chi connectivity index (χ3v) is 3.51. The summed E-state index contributed by atoms with van der Waals surface area (Å²) in [4.78, 5) is 5.71. The molecule has 1 fully saturated rings. The molecule has 0 unspecified atom stereocenters. The number of halogens is 4. The molecule has 1 saturated carbocycles. The molecule has 1 aromatic heterocycles. The van der Waals surface area contributed by atoms with Crippen molar-refractivity contribution in [3.05, 3.63) is 23.9 Å². The van der Waals surface area contributed by atoms with Crippen LogP contribution in [0.3, 0.4) is 0 Å². The molecule has 1 aromatic rings. The molecule has 18 heavy (non-hydrogen) atoms. The Morgan fingerprint density at radius 3 is 2.56 bits per heavy atom. The highest BCUT2D eigenvalue weighted by atomic mass is 79.9. The van der Waals surface area contributed by atoms with Gasteiger partial charge in [-0.05, 0) is 31.4 Å². The quantitative estimate of drug-likeness (QED) is 0.783. The van der Waals surface area contributed by atoms with E-state index in [2.05, 4.69) is 20.9 Å². The SMILES string of the molecule is FC(F)(F)c1cccc(N(CCBr)C2CCC2)n1. The standard InChI is InChI=1S/C12H14BrF3N2/c13-7-8-18(9-3-1-4-9)11-6-2-5-10(17-11)12(14,15)16/h2,5-6,9H,1,3-4,7-8H2. The van der Waals surface area contributed by atoms with Gasteiger partial charge in [-0.3, -0.25) is 0 Å². The van der Waals surface area contributed by atoms with Gasteiger partial charge in [0.25, 0.3) is 0 Å². The van der Waals surface area contributed by atoms with Gasteiger partial charge in [0, 0.05) is 17.9 Å². The Balaban J connectivity index is 2.24. The van der Waals surface area contributed by atoms with E-state index in [9.17, 15) is 13.2 Å². The van der Waals surface area contributed by atoms with E-state index in [1.807, 2.05) is 4.90 Å². The van der Waals surface area contributed by atoms with E-state index in [0.717, 1.165) is 30.7 Å². The Morgan fingerprint density at radius 2 is 2.06 bits per heavy atom. The summed E-state index contributed by atoms with van der Waals surface area (Å²) in [5.74, 6) is 0.425. The van der Waals surface area contributed by atoms with Crippen molar-refractivity contribution >= 4 is 21.7 Å². The summed E-state index contributed by atoms with van der Waals surface area (Å²) in [6.07, 6.45) is -1.17. The molecule has 0 saturated heterocycles. The summed E-state index contributed by atoms with van der Waals surface area (Å²) in [5, 5.41) is 0.724. The fraction of sp³-hybridized carbons (Fsp3) is 0.583. The van der Waals surface area contributed by atoms with Crippen molar-refractivity contribution in [3.8, 4) is 0 Å². The van der Waals surface area contributed by atoms with Crippen LogP contribution >= 0.6 is 15.9 Å². The lowest BCUT2D eigenvalue weighted by atomic mass is 9.91. The second-order valence-corrected chi connectivity index (χ2v) is 5.14. The van der Waals surface area contributed by atoms with E-state index >= 15 is 0 Å². The van der Waals surface area contributed by atoms with E-state index in [1.54, 1.807) is 6.07 Å². The molecule has 0 spiro atoms. The number of nitrogens with zero attached hydrogens (tertiary/aromatic N) is 2. The van der Waals surface area contributed by atoms with Gasteiger partial charge in [-0.2, -0.15) is 13.2 Å². The van der Waals surface area contributed by atoms with Crippen LogP contribution in [0.25, 0.3) is 0 Å². The van der Waals surface area contributed by atoms with Crippen LogP contribution < -0.4 is 4.90 Å². The number of rotatable bonds is 4. The number of hydrogen-bond donors (Lipinski definition) is 0.